The predicted octanol–water partition coefficient (Wildman–Crippen LogP) is 6.35. The van der Waals surface area contributed by atoms with Crippen molar-refractivity contribution in [2.75, 3.05) is 12.0 Å². The quantitative estimate of drug-likeness (QED) is 0.181. The molecule has 0 spiro atoms. The van der Waals surface area contributed by atoms with Crippen LogP contribution in [0.2, 0.25) is 5.02 Å². The number of benzene rings is 3. The average molecular weight is 548 g/mol. The summed E-state index contributed by atoms with van der Waals surface area (Å²) < 4.78 is 12.0. The molecular weight excluding hydrogens is 530 g/mol. The summed E-state index contributed by atoms with van der Waals surface area (Å²) in [5.41, 5.74) is 2.12. The molecule has 0 fully saturated rings. The maximum absolute atomic E-state index is 13.7. The van der Waals surface area contributed by atoms with Gasteiger partial charge in [-0.25, -0.2) is 0 Å². The molecule has 1 amide bonds. The van der Waals surface area contributed by atoms with Gasteiger partial charge in [-0.1, -0.05) is 77.2 Å². The maximum Gasteiger partial charge on any atom is 0.297 e. The molecule has 0 aliphatic carbocycles. The third-order valence-electron chi connectivity index (χ3n) is 6.12. The van der Waals surface area contributed by atoms with Crippen LogP contribution in [0.15, 0.2) is 86.3 Å². The van der Waals surface area contributed by atoms with Crippen molar-refractivity contribution in [3.63, 3.8) is 0 Å². The van der Waals surface area contributed by atoms with Gasteiger partial charge >= 0.3 is 0 Å². The summed E-state index contributed by atoms with van der Waals surface area (Å²) in [6, 6.07) is 21.1. The Hall–Kier alpha value is -3.66. The fourth-order valence-corrected chi connectivity index (χ4v) is 6.48. The third-order valence-corrected chi connectivity index (χ3v) is 8.59. The van der Waals surface area contributed by atoms with Crippen molar-refractivity contribution in [2.24, 2.45) is 0 Å². The summed E-state index contributed by atoms with van der Waals surface area (Å²) in [6.07, 6.45) is 0. The maximum atomic E-state index is 13.7. The SMILES string of the molecule is COc1ccc(C2c3c(oc4ccccc4c3=O)C(=O)N2c2nnc(SCc3ccccc3Cl)s2)cc1. The highest BCUT2D eigenvalue weighted by molar-refractivity contribution is 8.00. The van der Waals surface area contributed by atoms with Crippen molar-refractivity contribution in [2.45, 2.75) is 16.1 Å². The van der Waals surface area contributed by atoms with Crippen molar-refractivity contribution in [1.29, 1.82) is 0 Å². The Balaban J connectivity index is 1.42. The van der Waals surface area contributed by atoms with Crippen LogP contribution in [0.4, 0.5) is 5.13 Å². The van der Waals surface area contributed by atoms with Crippen molar-refractivity contribution < 1.29 is 13.9 Å². The summed E-state index contributed by atoms with van der Waals surface area (Å²) in [5.74, 6) is 0.859. The summed E-state index contributed by atoms with van der Waals surface area (Å²) >= 11 is 9.05. The van der Waals surface area contributed by atoms with Crippen LogP contribution in [-0.4, -0.2) is 23.2 Å². The van der Waals surface area contributed by atoms with Gasteiger partial charge in [0.15, 0.2) is 9.77 Å². The van der Waals surface area contributed by atoms with Crippen molar-refractivity contribution in [3.05, 3.63) is 110 Å². The number of thioether (sulfide) groups is 1. The van der Waals surface area contributed by atoms with Gasteiger partial charge in [-0.2, -0.15) is 0 Å². The molecule has 1 unspecified atom stereocenters. The molecule has 0 N–H and O–H groups in total. The minimum atomic E-state index is -0.719. The van der Waals surface area contributed by atoms with Crippen LogP contribution in [-0.2, 0) is 5.75 Å². The lowest BCUT2D eigenvalue weighted by atomic mass is 9.98. The molecule has 6 rings (SSSR count). The smallest absolute Gasteiger partial charge is 0.297 e. The lowest BCUT2D eigenvalue weighted by molar-refractivity contribution is 0.0970. The Morgan fingerprint density at radius 3 is 2.57 bits per heavy atom. The van der Waals surface area contributed by atoms with Gasteiger partial charge in [0.1, 0.15) is 11.3 Å². The number of fused-ring (bicyclic) bond motifs is 2. The Labute approximate surface area is 224 Å². The van der Waals surface area contributed by atoms with E-state index in [1.54, 1.807) is 43.5 Å². The van der Waals surface area contributed by atoms with Gasteiger partial charge in [0.25, 0.3) is 5.91 Å². The fourth-order valence-electron chi connectivity index (χ4n) is 4.33. The number of para-hydroxylation sites is 1. The lowest BCUT2D eigenvalue weighted by Gasteiger charge is -2.22. The van der Waals surface area contributed by atoms with E-state index in [2.05, 4.69) is 10.2 Å². The number of methoxy groups -OCH3 is 1. The van der Waals surface area contributed by atoms with Crippen molar-refractivity contribution in [1.82, 2.24) is 10.2 Å². The van der Waals surface area contributed by atoms with Gasteiger partial charge in [-0.15, -0.1) is 10.2 Å². The highest BCUT2D eigenvalue weighted by atomic mass is 35.5. The molecule has 0 bridgehead atoms. The summed E-state index contributed by atoms with van der Waals surface area (Å²) in [7, 11) is 1.58. The normalized spacial score (nSPS) is 14.8. The molecule has 0 saturated carbocycles. The van der Waals surface area contributed by atoms with E-state index in [-0.39, 0.29) is 16.8 Å². The van der Waals surface area contributed by atoms with E-state index in [9.17, 15) is 9.59 Å². The number of carbonyl (C=O) groups is 1. The minimum absolute atomic E-state index is 0.0185. The second kappa shape index (κ2) is 9.66. The van der Waals surface area contributed by atoms with Crippen LogP contribution in [0.1, 0.15) is 33.3 Å². The van der Waals surface area contributed by atoms with E-state index >= 15 is 0 Å². The van der Waals surface area contributed by atoms with Gasteiger partial charge in [-0.05, 0) is 41.5 Å². The van der Waals surface area contributed by atoms with E-state index < -0.39 is 11.9 Å². The molecule has 5 aromatic rings. The molecule has 10 heteroatoms. The van der Waals surface area contributed by atoms with Crippen LogP contribution < -0.4 is 15.1 Å². The highest BCUT2D eigenvalue weighted by Gasteiger charge is 2.45. The number of hydrogen-bond donors (Lipinski definition) is 0. The van der Waals surface area contributed by atoms with Crippen LogP contribution >= 0.6 is 34.7 Å². The summed E-state index contributed by atoms with van der Waals surface area (Å²) in [5, 5.41) is 10.1. The van der Waals surface area contributed by atoms with Gasteiger partial charge < -0.3 is 9.15 Å². The van der Waals surface area contributed by atoms with Gasteiger partial charge in [-0.3, -0.25) is 14.5 Å². The number of anilines is 1. The fraction of sp³-hybridized carbons (Fsp3) is 0.111. The van der Waals surface area contributed by atoms with Gasteiger partial charge in [0.05, 0.1) is 24.1 Å². The molecule has 0 saturated heterocycles. The molecule has 2 aromatic heterocycles. The molecule has 0 radical (unpaired) electrons. The molecule has 3 heterocycles. The van der Waals surface area contributed by atoms with Crippen LogP contribution in [0.25, 0.3) is 11.0 Å². The highest BCUT2D eigenvalue weighted by Crippen LogP contribution is 2.43. The average Bonchev–Trinajstić information content (AvgIpc) is 3.51. The van der Waals surface area contributed by atoms with Crippen molar-refractivity contribution >= 4 is 56.7 Å². The molecule has 1 atom stereocenters. The zero-order valence-corrected chi connectivity index (χ0v) is 21.8. The number of nitrogens with zero attached hydrogens (tertiary/aromatic N) is 3. The van der Waals surface area contributed by atoms with Crippen molar-refractivity contribution in [3.8, 4) is 5.75 Å². The number of carbonyl (C=O) groups excluding carboxylic acids is 1. The first-order valence-corrected chi connectivity index (χ1v) is 13.5. The number of aromatic nitrogens is 2. The van der Waals surface area contributed by atoms with Gasteiger partial charge in [0, 0.05) is 10.8 Å². The zero-order chi connectivity index (χ0) is 25.5. The molecule has 184 valence electrons. The van der Waals surface area contributed by atoms with E-state index in [1.807, 2.05) is 36.4 Å². The van der Waals surface area contributed by atoms with Crippen LogP contribution in [0.5, 0.6) is 5.75 Å². The second-order valence-electron chi connectivity index (χ2n) is 8.25. The second-order valence-corrected chi connectivity index (χ2v) is 10.8. The number of ether oxygens (including phenoxy) is 1. The molecule has 3 aromatic carbocycles. The first-order chi connectivity index (χ1) is 18.0. The van der Waals surface area contributed by atoms with Crippen LogP contribution in [0, 0.1) is 0 Å². The molecular formula is C27H18ClN3O4S2. The lowest BCUT2D eigenvalue weighted by Crippen LogP contribution is -2.29. The summed E-state index contributed by atoms with van der Waals surface area (Å²) in [6.45, 7) is 0. The van der Waals surface area contributed by atoms with Gasteiger partial charge in [0.2, 0.25) is 10.9 Å². The molecule has 1 aliphatic heterocycles. The number of amides is 1. The Morgan fingerprint density at radius 2 is 1.78 bits per heavy atom. The van der Waals surface area contributed by atoms with Crippen LogP contribution in [0.3, 0.4) is 0 Å². The third kappa shape index (κ3) is 4.19. The van der Waals surface area contributed by atoms with E-state index in [0.717, 1.165) is 11.1 Å². The van der Waals surface area contributed by atoms with E-state index in [4.69, 9.17) is 20.8 Å². The Bertz CT molecular complexity index is 1700. The number of rotatable bonds is 6. The Morgan fingerprint density at radius 1 is 1.03 bits per heavy atom. The molecule has 1 aliphatic rings. The number of halogens is 1. The first-order valence-electron chi connectivity index (χ1n) is 11.3. The predicted molar refractivity (Wildman–Crippen MR) is 145 cm³/mol. The largest absolute Gasteiger partial charge is 0.497 e. The first kappa shape index (κ1) is 23.7. The summed E-state index contributed by atoms with van der Waals surface area (Å²) in [4.78, 5) is 28.8. The number of hydrogen-bond acceptors (Lipinski definition) is 8. The molecule has 37 heavy (non-hydrogen) atoms. The minimum Gasteiger partial charge on any atom is -0.497 e. The zero-order valence-electron chi connectivity index (χ0n) is 19.4. The monoisotopic (exact) mass is 547 g/mol. The Kier molecular flexibility index (Phi) is 6.19. The molecule has 7 nitrogen and oxygen atoms in total. The van der Waals surface area contributed by atoms with E-state index in [0.29, 0.717) is 37.0 Å². The van der Waals surface area contributed by atoms with E-state index in [1.165, 1.54) is 28.0 Å². The standard InChI is InChI=1S/C27H18ClN3O4S2/c1-34-17-12-10-15(11-13-17)22-21-23(32)18-7-3-5-9-20(18)35-24(21)25(33)31(22)26-29-30-27(37-26)36-14-16-6-2-4-8-19(16)28/h2-13,22H,14H2,1H3. The topological polar surface area (TPSA) is 85.5 Å².